The Balaban J connectivity index is 1.51. The van der Waals surface area contributed by atoms with Crippen LogP contribution in [0.15, 0.2) is 54.6 Å². The summed E-state index contributed by atoms with van der Waals surface area (Å²) in [5.74, 6) is -0.174. The highest BCUT2D eigenvalue weighted by Crippen LogP contribution is 2.30. The van der Waals surface area contributed by atoms with Gasteiger partial charge in [0, 0.05) is 19.5 Å². The fraction of sp³-hybridized carbons (Fsp3) is 0.500. The number of carbonyl (C=O) groups is 3. The van der Waals surface area contributed by atoms with Crippen molar-refractivity contribution in [3.8, 4) is 0 Å². The second kappa shape index (κ2) is 12.0. The molecule has 8 heteroatoms. The Bertz CT molecular complexity index is 1110. The minimum atomic E-state index is -0.614. The SMILES string of the molecule is CC(C)(C)c1ccc(COC(=O)N2CCC(=O)N3C2CN(Cc2ccccc2)C(=O)[C@@H]3CCCCN)cc1. The summed E-state index contributed by atoms with van der Waals surface area (Å²) < 4.78 is 5.72. The summed E-state index contributed by atoms with van der Waals surface area (Å²) in [6, 6.07) is 17.2. The average molecular weight is 521 g/mol. The predicted molar refractivity (Wildman–Crippen MR) is 146 cm³/mol. The molecule has 2 aliphatic heterocycles. The molecule has 204 valence electrons. The Morgan fingerprint density at radius 1 is 1.00 bits per heavy atom. The van der Waals surface area contributed by atoms with Gasteiger partial charge in [0.15, 0.2) is 0 Å². The van der Waals surface area contributed by atoms with Crippen LogP contribution < -0.4 is 5.73 Å². The molecule has 0 aliphatic carbocycles. The molecule has 2 atom stereocenters. The van der Waals surface area contributed by atoms with Crippen LogP contribution in [-0.4, -0.2) is 64.4 Å². The third kappa shape index (κ3) is 6.35. The van der Waals surface area contributed by atoms with Crippen molar-refractivity contribution >= 4 is 17.9 Å². The van der Waals surface area contributed by atoms with Crippen LogP contribution in [0.5, 0.6) is 0 Å². The topological polar surface area (TPSA) is 96.2 Å². The van der Waals surface area contributed by atoms with Crippen molar-refractivity contribution in [3.63, 3.8) is 0 Å². The van der Waals surface area contributed by atoms with E-state index < -0.39 is 18.3 Å². The van der Waals surface area contributed by atoms with Crippen molar-refractivity contribution in [2.45, 2.75) is 77.2 Å². The monoisotopic (exact) mass is 520 g/mol. The number of hydrogen-bond acceptors (Lipinski definition) is 5. The summed E-state index contributed by atoms with van der Waals surface area (Å²) >= 11 is 0. The molecule has 2 aromatic rings. The average Bonchev–Trinajstić information content (AvgIpc) is 2.90. The summed E-state index contributed by atoms with van der Waals surface area (Å²) in [5, 5.41) is 0. The highest BCUT2D eigenvalue weighted by molar-refractivity contribution is 5.90. The number of carbonyl (C=O) groups excluding carboxylic acids is 3. The standard InChI is InChI=1S/C30H40N4O4/c1-30(2,3)24-14-12-23(13-15-24)21-38-29(37)33-18-16-27(35)34-25(11-7-8-17-31)28(36)32(20-26(33)34)19-22-9-5-4-6-10-22/h4-6,9-10,12-15,25-26H,7-8,11,16-21,31H2,1-3H3/t25-,26?/m0/s1. The molecule has 2 saturated heterocycles. The van der Waals surface area contributed by atoms with E-state index in [0.29, 0.717) is 19.5 Å². The molecule has 2 heterocycles. The Hall–Kier alpha value is -3.39. The predicted octanol–water partition coefficient (Wildman–Crippen LogP) is 4.02. The van der Waals surface area contributed by atoms with Crippen LogP contribution in [0.4, 0.5) is 4.79 Å². The van der Waals surface area contributed by atoms with Crippen LogP contribution >= 0.6 is 0 Å². The van der Waals surface area contributed by atoms with Gasteiger partial charge in [0.05, 0.1) is 6.54 Å². The maximum absolute atomic E-state index is 13.6. The van der Waals surface area contributed by atoms with Crippen LogP contribution in [0.25, 0.3) is 0 Å². The van der Waals surface area contributed by atoms with Gasteiger partial charge in [-0.05, 0) is 47.9 Å². The van der Waals surface area contributed by atoms with Gasteiger partial charge in [-0.1, -0.05) is 75.4 Å². The van der Waals surface area contributed by atoms with Gasteiger partial charge in [-0.2, -0.15) is 0 Å². The van der Waals surface area contributed by atoms with Crippen molar-refractivity contribution < 1.29 is 19.1 Å². The summed E-state index contributed by atoms with van der Waals surface area (Å²) in [5.41, 5.74) is 8.86. The van der Waals surface area contributed by atoms with Crippen LogP contribution in [-0.2, 0) is 32.9 Å². The van der Waals surface area contributed by atoms with Gasteiger partial charge in [-0.3, -0.25) is 14.5 Å². The fourth-order valence-corrected chi connectivity index (χ4v) is 5.23. The molecule has 2 N–H and O–H groups in total. The molecule has 2 aromatic carbocycles. The Labute approximate surface area is 225 Å². The first kappa shape index (κ1) is 27.6. The van der Waals surface area contributed by atoms with Crippen LogP contribution in [0, 0.1) is 0 Å². The number of benzene rings is 2. The van der Waals surface area contributed by atoms with Gasteiger partial charge in [0.25, 0.3) is 0 Å². The van der Waals surface area contributed by atoms with E-state index in [1.807, 2.05) is 42.5 Å². The molecule has 2 aliphatic rings. The van der Waals surface area contributed by atoms with E-state index in [2.05, 4.69) is 32.9 Å². The first-order valence-electron chi connectivity index (χ1n) is 13.6. The fourth-order valence-electron chi connectivity index (χ4n) is 5.23. The Morgan fingerprint density at radius 2 is 1.71 bits per heavy atom. The highest BCUT2D eigenvalue weighted by atomic mass is 16.6. The first-order valence-corrected chi connectivity index (χ1v) is 13.6. The van der Waals surface area contributed by atoms with E-state index in [1.54, 1.807) is 14.7 Å². The summed E-state index contributed by atoms with van der Waals surface area (Å²) in [6.45, 7) is 8.09. The Kier molecular flexibility index (Phi) is 8.72. The van der Waals surface area contributed by atoms with Gasteiger partial charge in [-0.25, -0.2) is 4.79 Å². The first-order chi connectivity index (χ1) is 18.2. The third-order valence-corrected chi connectivity index (χ3v) is 7.42. The van der Waals surface area contributed by atoms with Crippen molar-refractivity contribution in [2.75, 3.05) is 19.6 Å². The molecule has 0 aromatic heterocycles. The molecule has 0 radical (unpaired) electrons. The number of nitrogens with two attached hydrogens (primary N) is 1. The molecule has 0 spiro atoms. The van der Waals surface area contributed by atoms with Crippen molar-refractivity contribution in [1.82, 2.24) is 14.7 Å². The second-order valence-electron chi connectivity index (χ2n) is 11.2. The largest absolute Gasteiger partial charge is 0.444 e. The number of hydrogen-bond donors (Lipinski definition) is 1. The molecule has 2 fully saturated rings. The van der Waals surface area contributed by atoms with Gasteiger partial charge < -0.3 is 20.3 Å². The molecule has 0 bridgehead atoms. The quantitative estimate of drug-likeness (QED) is 0.531. The number of unbranched alkanes of at least 4 members (excludes halogenated alkanes) is 1. The summed E-state index contributed by atoms with van der Waals surface area (Å²) in [4.78, 5) is 45.0. The molecule has 38 heavy (non-hydrogen) atoms. The summed E-state index contributed by atoms with van der Waals surface area (Å²) in [7, 11) is 0. The van der Waals surface area contributed by atoms with E-state index in [4.69, 9.17) is 10.5 Å². The number of ether oxygens (including phenoxy) is 1. The molecule has 8 nitrogen and oxygen atoms in total. The highest BCUT2D eigenvalue weighted by Gasteiger charge is 2.48. The zero-order valence-electron chi connectivity index (χ0n) is 22.8. The lowest BCUT2D eigenvalue weighted by atomic mass is 9.87. The summed E-state index contributed by atoms with van der Waals surface area (Å²) in [6.07, 6.45) is 1.17. The van der Waals surface area contributed by atoms with E-state index in [9.17, 15) is 14.4 Å². The van der Waals surface area contributed by atoms with Crippen LogP contribution in [0.3, 0.4) is 0 Å². The van der Waals surface area contributed by atoms with Gasteiger partial charge >= 0.3 is 6.09 Å². The molecule has 4 rings (SSSR count). The maximum atomic E-state index is 13.6. The lowest BCUT2D eigenvalue weighted by Gasteiger charge is -2.52. The number of rotatable bonds is 8. The van der Waals surface area contributed by atoms with E-state index in [0.717, 1.165) is 24.0 Å². The molecular weight excluding hydrogens is 480 g/mol. The van der Waals surface area contributed by atoms with Crippen molar-refractivity contribution in [1.29, 1.82) is 0 Å². The smallest absolute Gasteiger partial charge is 0.411 e. The van der Waals surface area contributed by atoms with E-state index >= 15 is 0 Å². The van der Waals surface area contributed by atoms with E-state index in [-0.39, 0.29) is 43.3 Å². The van der Waals surface area contributed by atoms with Gasteiger partial charge in [-0.15, -0.1) is 0 Å². The number of nitrogens with zero attached hydrogens (tertiary/aromatic N) is 3. The normalized spacial score (nSPS) is 19.9. The molecular formula is C30H40N4O4. The van der Waals surface area contributed by atoms with Gasteiger partial charge in [0.2, 0.25) is 11.8 Å². The van der Waals surface area contributed by atoms with Crippen LogP contribution in [0.2, 0.25) is 0 Å². The van der Waals surface area contributed by atoms with Gasteiger partial charge in [0.1, 0.15) is 18.8 Å². The number of amides is 3. The second-order valence-corrected chi connectivity index (χ2v) is 11.2. The zero-order valence-corrected chi connectivity index (χ0v) is 22.8. The van der Waals surface area contributed by atoms with Crippen molar-refractivity contribution in [2.24, 2.45) is 5.73 Å². The number of fused-ring (bicyclic) bond motifs is 1. The zero-order chi connectivity index (χ0) is 27.3. The minimum absolute atomic E-state index is 0.0454. The maximum Gasteiger partial charge on any atom is 0.411 e. The molecule has 0 saturated carbocycles. The van der Waals surface area contributed by atoms with Crippen LogP contribution in [0.1, 0.15) is 63.1 Å². The third-order valence-electron chi connectivity index (χ3n) is 7.42. The van der Waals surface area contributed by atoms with Crippen molar-refractivity contribution in [3.05, 3.63) is 71.3 Å². The number of piperazine rings is 1. The minimum Gasteiger partial charge on any atom is -0.444 e. The Morgan fingerprint density at radius 3 is 2.37 bits per heavy atom. The van der Waals surface area contributed by atoms with E-state index in [1.165, 1.54) is 5.56 Å². The lowest BCUT2D eigenvalue weighted by molar-refractivity contribution is -0.169. The lowest BCUT2D eigenvalue weighted by Crippen LogP contribution is -2.71. The molecule has 1 unspecified atom stereocenters. The molecule has 3 amide bonds.